The maximum atomic E-state index is 12.3. The topological polar surface area (TPSA) is 90.6 Å². The first-order valence-corrected chi connectivity index (χ1v) is 8.45. The Labute approximate surface area is 138 Å². The third-order valence-electron chi connectivity index (χ3n) is 4.13. The van der Waals surface area contributed by atoms with Gasteiger partial charge in [0.2, 0.25) is 5.91 Å². The molecule has 2 atom stereocenters. The van der Waals surface area contributed by atoms with Crippen molar-refractivity contribution in [1.29, 1.82) is 0 Å². The lowest BCUT2D eigenvalue weighted by Gasteiger charge is -2.12. The largest absolute Gasteiger partial charge is 0.377 e. The minimum Gasteiger partial charge on any atom is -0.377 e. The first-order valence-electron chi connectivity index (χ1n) is 7.63. The van der Waals surface area contributed by atoms with E-state index in [9.17, 15) is 9.59 Å². The van der Waals surface area contributed by atoms with Crippen LogP contribution < -0.4 is 11.1 Å². The van der Waals surface area contributed by atoms with Gasteiger partial charge in [0.25, 0.3) is 5.91 Å². The molecule has 1 aliphatic heterocycles. The molecule has 3 N–H and O–H groups in total. The van der Waals surface area contributed by atoms with Crippen molar-refractivity contribution in [3.63, 3.8) is 0 Å². The lowest BCUT2D eigenvalue weighted by Crippen LogP contribution is -2.20. The molecule has 0 radical (unpaired) electrons. The highest BCUT2D eigenvalue weighted by atomic mass is 32.1. The number of hydrogen-bond donors (Lipinski definition) is 2. The van der Waals surface area contributed by atoms with Gasteiger partial charge in [-0.1, -0.05) is 6.08 Å². The third kappa shape index (κ3) is 3.46. The summed E-state index contributed by atoms with van der Waals surface area (Å²) < 4.78 is 10.8. The molecule has 124 valence electrons. The van der Waals surface area contributed by atoms with Gasteiger partial charge in [-0.3, -0.25) is 9.59 Å². The SMILES string of the molecule is C=CCOCC1CC1C(=O)Nc1sc2c(c1C(N)=O)CCOC2. The molecule has 6 nitrogen and oxygen atoms in total. The average molecular weight is 336 g/mol. The van der Waals surface area contributed by atoms with E-state index in [2.05, 4.69) is 11.9 Å². The quantitative estimate of drug-likeness (QED) is 0.586. The summed E-state index contributed by atoms with van der Waals surface area (Å²) >= 11 is 1.38. The normalized spacial score (nSPS) is 22.3. The number of fused-ring (bicyclic) bond motifs is 1. The summed E-state index contributed by atoms with van der Waals surface area (Å²) in [5.74, 6) is -0.388. The van der Waals surface area contributed by atoms with Crippen molar-refractivity contribution in [2.45, 2.75) is 19.4 Å². The predicted molar refractivity (Wildman–Crippen MR) is 87.4 cm³/mol. The molecule has 1 fully saturated rings. The summed E-state index contributed by atoms with van der Waals surface area (Å²) in [5, 5.41) is 3.43. The van der Waals surface area contributed by atoms with Crippen LogP contribution in [0.2, 0.25) is 0 Å². The first kappa shape index (κ1) is 16.2. The number of rotatable bonds is 7. The molecule has 0 bridgehead atoms. The van der Waals surface area contributed by atoms with Crippen molar-refractivity contribution in [3.8, 4) is 0 Å². The molecule has 0 aromatic carbocycles. The molecular formula is C16H20N2O4S. The van der Waals surface area contributed by atoms with Gasteiger partial charge in [-0.15, -0.1) is 17.9 Å². The monoisotopic (exact) mass is 336 g/mol. The van der Waals surface area contributed by atoms with E-state index in [1.54, 1.807) is 6.08 Å². The van der Waals surface area contributed by atoms with Gasteiger partial charge in [0.05, 0.1) is 32.0 Å². The van der Waals surface area contributed by atoms with Gasteiger partial charge < -0.3 is 20.5 Å². The second-order valence-electron chi connectivity index (χ2n) is 5.79. The average Bonchev–Trinajstić information content (AvgIpc) is 3.20. The van der Waals surface area contributed by atoms with Crippen molar-refractivity contribution in [2.24, 2.45) is 17.6 Å². The van der Waals surface area contributed by atoms with Crippen LogP contribution in [-0.4, -0.2) is 31.6 Å². The van der Waals surface area contributed by atoms with E-state index in [-0.39, 0.29) is 17.7 Å². The van der Waals surface area contributed by atoms with Crippen molar-refractivity contribution in [3.05, 3.63) is 28.7 Å². The van der Waals surface area contributed by atoms with Gasteiger partial charge in [0.1, 0.15) is 5.00 Å². The van der Waals surface area contributed by atoms with Crippen LogP contribution in [0, 0.1) is 11.8 Å². The molecule has 3 rings (SSSR count). The number of hydrogen-bond acceptors (Lipinski definition) is 5. The Balaban J connectivity index is 1.66. The predicted octanol–water partition coefficient (Wildman–Crippen LogP) is 1.70. The zero-order valence-electron chi connectivity index (χ0n) is 12.8. The number of carbonyl (C=O) groups is 2. The first-order chi connectivity index (χ1) is 11.1. The molecule has 2 amide bonds. The van der Waals surface area contributed by atoms with E-state index in [1.165, 1.54) is 11.3 Å². The Kier molecular flexibility index (Phi) is 4.79. The van der Waals surface area contributed by atoms with Crippen LogP contribution in [0.3, 0.4) is 0 Å². The fourth-order valence-corrected chi connectivity index (χ4v) is 4.03. The van der Waals surface area contributed by atoms with Crippen molar-refractivity contribution in [1.82, 2.24) is 0 Å². The molecule has 23 heavy (non-hydrogen) atoms. The molecule has 2 aliphatic rings. The summed E-state index contributed by atoms with van der Waals surface area (Å²) in [6.45, 7) is 5.68. The molecule has 2 heterocycles. The third-order valence-corrected chi connectivity index (χ3v) is 5.25. The van der Waals surface area contributed by atoms with Crippen molar-refractivity contribution < 1.29 is 19.1 Å². The number of amides is 2. The smallest absolute Gasteiger partial charge is 0.251 e. The number of carbonyl (C=O) groups excluding carboxylic acids is 2. The van der Waals surface area contributed by atoms with Crippen LogP contribution in [0.1, 0.15) is 27.2 Å². The summed E-state index contributed by atoms with van der Waals surface area (Å²) in [6, 6.07) is 0. The van der Waals surface area contributed by atoms with Gasteiger partial charge >= 0.3 is 0 Å². The highest BCUT2D eigenvalue weighted by molar-refractivity contribution is 7.17. The molecule has 1 aromatic heterocycles. The fourth-order valence-electron chi connectivity index (χ4n) is 2.84. The van der Waals surface area contributed by atoms with Crippen LogP contribution >= 0.6 is 11.3 Å². The van der Waals surface area contributed by atoms with Gasteiger partial charge in [-0.05, 0) is 24.3 Å². The highest BCUT2D eigenvalue weighted by Gasteiger charge is 2.43. The summed E-state index contributed by atoms with van der Waals surface area (Å²) in [7, 11) is 0. The van der Waals surface area contributed by atoms with E-state index in [1.807, 2.05) is 0 Å². The standard InChI is InChI=1S/C16H20N2O4S/c1-2-4-21-7-9-6-11(9)15(20)18-16-13(14(17)19)10-3-5-22-8-12(10)23-16/h2,9,11H,1,3-8H2,(H2,17,19)(H,18,20). The number of ether oxygens (including phenoxy) is 2. The zero-order valence-corrected chi connectivity index (χ0v) is 13.6. The lowest BCUT2D eigenvalue weighted by molar-refractivity contribution is -0.117. The highest BCUT2D eigenvalue weighted by Crippen LogP contribution is 2.41. The van der Waals surface area contributed by atoms with Crippen LogP contribution in [0.15, 0.2) is 12.7 Å². The summed E-state index contributed by atoms with van der Waals surface area (Å²) in [5.41, 5.74) is 6.87. The van der Waals surface area contributed by atoms with E-state index in [4.69, 9.17) is 15.2 Å². The number of anilines is 1. The summed E-state index contributed by atoms with van der Waals surface area (Å²) in [6.07, 6.45) is 3.15. The van der Waals surface area contributed by atoms with Gasteiger partial charge in [0, 0.05) is 10.8 Å². The second kappa shape index (κ2) is 6.82. The molecule has 0 spiro atoms. The Bertz CT molecular complexity index is 640. The van der Waals surface area contributed by atoms with E-state index >= 15 is 0 Å². The molecule has 1 saturated carbocycles. The molecule has 7 heteroatoms. The van der Waals surface area contributed by atoms with Crippen LogP contribution in [0.4, 0.5) is 5.00 Å². The summed E-state index contributed by atoms with van der Waals surface area (Å²) in [4.78, 5) is 25.1. The Morgan fingerprint density at radius 2 is 2.35 bits per heavy atom. The second-order valence-corrected chi connectivity index (χ2v) is 6.90. The maximum absolute atomic E-state index is 12.3. The lowest BCUT2D eigenvalue weighted by atomic mass is 10.1. The minimum atomic E-state index is -0.499. The van der Waals surface area contributed by atoms with E-state index in [0.717, 1.165) is 16.9 Å². The molecule has 0 saturated heterocycles. The molecular weight excluding hydrogens is 316 g/mol. The van der Waals surface area contributed by atoms with Crippen LogP contribution in [-0.2, 0) is 27.3 Å². The minimum absolute atomic E-state index is 0.0593. The Morgan fingerprint density at radius 3 is 3.09 bits per heavy atom. The van der Waals surface area contributed by atoms with Gasteiger partial charge in [-0.2, -0.15) is 0 Å². The number of thiophene rings is 1. The Hall–Kier alpha value is -1.70. The van der Waals surface area contributed by atoms with Crippen LogP contribution in [0.5, 0.6) is 0 Å². The Morgan fingerprint density at radius 1 is 1.52 bits per heavy atom. The van der Waals surface area contributed by atoms with Crippen LogP contribution in [0.25, 0.3) is 0 Å². The number of nitrogens with one attached hydrogen (secondary N) is 1. The zero-order chi connectivity index (χ0) is 16.4. The van der Waals surface area contributed by atoms with E-state index in [0.29, 0.717) is 43.4 Å². The molecule has 2 unspecified atom stereocenters. The van der Waals surface area contributed by atoms with E-state index < -0.39 is 5.91 Å². The molecule has 1 aromatic rings. The molecule has 1 aliphatic carbocycles. The number of primary amides is 1. The van der Waals surface area contributed by atoms with Crippen molar-refractivity contribution >= 4 is 28.2 Å². The number of nitrogens with two attached hydrogens (primary N) is 1. The maximum Gasteiger partial charge on any atom is 0.251 e. The van der Waals surface area contributed by atoms with Gasteiger partial charge in [-0.25, -0.2) is 0 Å². The van der Waals surface area contributed by atoms with Crippen molar-refractivity contribution in [2.75, 3.05) is 25.1 Å². The fraction of sp³-hybridized carbons (Fsp3) is 0.500. The van der Waals surface area contributed by atoms with Gasteiger partial charge in [0.15, 0.2) is 0 Å².